The first-order chi connectivity index (χ1) is 11.4. The van der Waals surface area contributed by atoms with E-state index in [4.69, 9.17) is 28.4 Å². The highest BCUT2D eigenvalue weighted by molar-refractivity contribution is 4.37. The van der Waals surface area contributed by atoms with Crippen molar-refractivity contribution < 1.29 is 32.8 Å². The van der Waals surface area contributed by atoms with E-state index in [0.717, 1.165) is 19.4 Å². The maximum atomic E-state index is 11.7. The van der Waals surface area contributed by atoms with Crippen LogP contribution in [0.3, 0.4) is 0 Å². The molecule has 0 atom stereocenters. The maximum absolute atomic E-state index is 11.7. The molecule has 0 aromatic heterocycles. The number of alkyl halides is 1. The Kier molecular flexibility index (Phi) is 21.4. The fraction of sp³-hybridized carbons (Fsp3) is 1.00. The van der Waals surface area contributed by atoms with Crippen LogP contribution >= 0.6 is 0 Å². The summed E-state index contributed by atoms with van der Waals surface area (Å²) in [6, 6.07) is 0. The summed E-state index contributed by atoms with van der Waals surface area (Å²) in [7, 11) is 0. The zero-order chi connectivity index (χ0) is 16.8. The molecular weight excluding hydrogens is 307 g/mol. The molecule has 0 saturated carbocycles. The van der Waals surface area contributed by atoms with Crippen LogP contribution < -0.4 is 0 Å². The Balaban J connectivity index is 2.92. The lowest BCUT2D eigenvalue weighted by molar-refractivity contribution is -0.0172. The summed E-state index contributed by atoms with van der Waals surface area (Å²) in [5.74, 6) is 0. The van der Waals surface area contributed by atoms with Crippen LogP contribution in [0.2, 0.25) is 0 Å². The van der Waals surface area contributed by atoms with Crippen LogP contribution in [0.5, 0.6) is 0 Å². The van der Waals surface area contributed by atoms with Gasteiger partial charge in [-0.05, 0) is 6.42 Å². The third-order valence-corrected chi connectivity index (χ3v) is 2.72. The molecule has 0 aliphatic heterocycles. The van der Waals surface area contributed by atoms with Crippen LogP contribution in [0.4, 0.5) is 4.39 Å². The predicted molar refractivity (Wildman–Crippen MR) is 85.8 cm³/mol. The average Bonchev–Trinajstić information content (AvgIpc) is 2.57. The van der Waals surface area contributed by atoms with Gasteiger partial charge in [0, 0.05) is 6.61 Å². The van der Waals surface area contributed by atoms with Crippen LogP contribution in [-0.2, 0) is 28.4 Å². The molecule has 7 heteroatoms. The molecule has 0 rings (SSSR count). The molecule has 0 aliphatic rings. The van der Waals surface area contributed by atoms with E-state index in [-0.39, 0.29) is 6.61 Å². The van der Waals surface area contributed by atoms with Crippen LogP contribution in [-0.4, -0.2) is 86.0 Å². The van der Waals surface area contributed by atoms with E-state index in [0.29, 0.717) is 66.1 Å². The normalized spacial score (nSPS) is 11.2. The lowest BCUT2D eigenvalue weighted by atomic mass is 10.4. The maximum Gasteiger partial charge on any atom is 0.113 e. The van der Waals surface area contributed by atoms with Gasteiger partial charge in [0.1, 0.15) is 6.67 Å². The molecule has 0 fully saturated rings. The Morgan fingerprint density at radius 3 is 1.09 bits per heavy atom. The third kappa shape index (κ3) is 21.7. The number of hydrogen-bond acceptors (Lipinski definition) is 6. The van der Waals surface area contributed by atoms with Gasteiger partial charge in [-0.15, -0.1) is 0 Å². The van der Waals surface area contributed by atoms with Crippen molar-refractivity contribution in [3.05, 3.63) is 0 Å². The minimum Gasteiger partial charge on any atom is -0.379 e. The molecule has 0 aliphatic carbocycles. The summed E-state index contributed by atoms with van der Waals surface area (Å²) in [6.45, 7) is 7.94. The summed E-state index contributed by atoms with van der Waals surface area (Å²) >= 11 is 0. The van der Waals surface area contributed by atoms with Gasteiger partial charge in [-0.1, -0.05) is 13.3 Å². The number of hydrogen-bond donors (Lipinski definition) is 0. The zero-order valence-electron chi connectivity index (χ0n) is 14.4. The second-order valence-corrected chi connectivity index (χ2v) is 4.72. The average molecular weight is 340 g/mol. The zero-order valence-corrected chi connectivity index (χ0v) is 14.4. The highest BCUT2D eigenvalue weighted by Crippen LogP contribution is 1.88. The van der Waals surface area contributed by atoms with E-state index in [1.54, 1.807) is 0 Å². The fourth-order valence-electron chi connectivity index (χ4n) is 1.50. The smallest absolute Gasteiger partial charge is 0.113 e. The van der Waals surface area contributed by atoms with Crippen molar-refractivity contribution in [1.82, 2.24) is 0 Å². The SMILES string of the molecule is CCCCOCCOCCOCCOCCOCCOCCF. The standard InChI is InChI=1S/C16H33FO6/c1-2-3-5-18-7-9-20-11-13-22-15-16-23-14-12-21-10-8-19-6-4-17/h2-16H2,1H3. The largest absolute Gasteiger partial charge is 0.379 e. The number of unbranched alkanes of at least 4 members (excludes halogenated alkanes) is 1. The van der Waals surface area contributed by atoms with E-state index in [1.807, 2.05) is 0 Å². The van der Waals surface area contributed by atoms with E-state index in [1.165, 1.54) is 0 Å². The minimum atomic E-state index is -0.457. The first-order valence-electron chi connectivity index (χ1n) is 8.44. The van der Waals surface area contributed by atoms with Crippen molar-refractivity contribution in [2.24, 2.45) is 0 Å². The second-order valence-electron chi connectivity index (χ2n) is 4.72. The number of ether oxygens (including phenoxy) is 6. The van der Waals surface area contributed by atoms with Crippen LogP contribution in [0, 0.1) is 0 Å². The molecule has 0 radical (unpaired) electrons. The van der Waals surface area contributed by atoms with E-state index >= 15 is 0 Å². The quantitative estimate of drug-likeness (QED) is 0.315. The van der Waals surface area contributed by atoms with Crippen LogP contribution in [0.15, 0.2) is 0 Å². The van der Waals surface area contributed by atoms with Gasteiger partial charge in [-0.25, -0.2) is 4.39 Å². The van der Waals surface area contributed by atoms with E-state index in [2.05, 4.69) is 6.92 Å². The Morgan fingerprint density at radius 2 is 0.783 bits per heavy atom. The lowest BCUT2D eigenvalue weighted by Crippen LogP contribution is -2.14. The first-order valence-corrected chi connectivity index (χ1v) is 8.44. The van der Waals surface area contributed by atoms with Crippen molar-refractivity contribution in [2.75, 3.05) is 86.0 Å². The molecule has 0 unspecified atom stereocenters. The predicted octanol–water partition coefficient (Wildman–Crippen LogP) is 1.86. The van der Waals surface area contributed by atoms with Gasteiger partial charge in [-0.2, -0.15) is 0 Å². The topological polar surface area (TPSA) is 55.4 Å². The van der Waals surface area contributed by atoms with Gasteiger partial charge >= 0.3 is 0 Å². The van der Waals surface area contributed by atoms with Gasteiger partial charge < -0.3 is 28.4 Å². The Hall–Kier alpha value is -0.310. The minimum absolute atomic E-state index is 0.132. The van der Waals surface area contributed by atoms with Crippen molar-refractivity contribution >= 4 is 0 Å². The van der Waals surface area contributed by atoms with E-state index < -0.39 is 6.67 Å². The Bertz CT molecular complexity index is 189. The van der Waals surface area contributed by atoms with Gasteiger partial charge in [0.25, 0.3) is 0 Å². The molecule has 0 aromatic rings. The monoisotopic (exact) mass is 340 g/mol. The molecule has 0 N–H and O–H groups in total. The molecule has 0 amide bonds. The molecule has 140 valence electrons. The lowest BCUT2D eigenvalue weighted by Gasteiger charge is -2.08. The second kappa shape index (κ2) is 21.7. The van der Waals surface area contributed by atoms with Gasteiger partial charge in [0.2, 0.25) is 0 Å². The highest BCUT2D eigenvalue weighted by atomic mass is 19.1. The summed E-state index contributed by atoms with van der Waals surface area (Å²) in [4.78, 5) is 0. The van der Waals surface area contributed by atoms with Crippen molar-refractivity contribution in [3.63, 3.8) is 0 Å². The summed E-state index contributed by atoms with van der Waals surface area (Å²) in [6.07, 6.45) is 2.25. The molecule has 0 aromatic carbocycles. The number of rotatable bonds is 20. The van der Waals surface area contributed by atoms with Crippen molar-refractivity contribution in [2.45, 2.75) is 19.8 Å². The summed E-state index contributed by atoms with van der Waals surface area (Å²) in [5, 5.41) is 0. The molecule has 0 spiro atoms. The van der Waals surface area contributed by atoms with Gasteiger partial charge in [0.05, 0.1) is 72.7 Å². The van der Waals surface area contributed by atoms with Crippen LogP contribution in [0.25, 0.3) is 0 Å². The van der Waals surface area contributed by atoms with Gasteiger partial charge in [-0.3, -0.25) is 0 Å². The van der Waals surface area contributed by atoms with Crippen molar-refractivity contribution in [1.29, 1.82) is 0 Å². The molecule has 0 saturated heterocycles. The first kappa shape index (κ1) is 22.7. The molecule has 0 bridgehead atoms. The van der Waals surface area contributed by atoms with Gasteiger partial charge in [0.15, 0.2) is 0 Å². The summed E-state index contributed by atoms with van der Waals surface area (Å²) in [5.41, 5.74) is 0. The summed E-state index contributed by atoms with van der Waals surface area (Å²) < 4.78 is 43.3. The molecule has 6 nitrogen and oxygen atoms in total. The highest BCUT2D eigenvalue weighted by Gasteiger charge is 1.94. The fourth-order valence-corrected chi connectivity index (χ4v) is 1.50. The Labute approximate surface area is 139 Å². The molecule has 0 heterocycles. The molecular formula is C16H33FO6. The Morgan fingerprint density at radius 1 is 0.478 bits per heavy atom. The number of halogens is 1. The molecule has 23 heavy (non-hydrogen) atoms. The van der Waals surface area contributed by atoms with Crippen molar-refractivity contribution in [3.8, 4) is 0 Å². The van der Waals surface area contributed by atoms with Crippen LogP contribution in [0.1, 0.15) is 19.8 Å². The van der Waals surface area contributed by atoms with E-state index in [9.17, 15) is 4.39 Å². The third-order valence-electron chi connectivity index (χ3n) is 2.72.